The van der Waals surface area contributed by atoms with E-state index in [0.717, 1.165) is 19.5 Å². The summed E-state index contributed by atoms with van der Waals surface area (Å²) in [6.07, 6.45) is 5.17. The predicted molar refractivity (Wildman–Crippen MR) is 83.9 cm³/mol. The average Bonchev–Trinajstić information content (AvgIpc) is 3.01. The van der Waals surface area contributed by atoms with Crippen LogP contribution in [0.2, 0.25) is 0 Å². The first-order chi connectivity index (χ1) is 10.3. The second-order valence-corrected chi connectivity index (χ2v) is 5.35. The van der Waals surface area contributed by atoms with Crippen molar-refractivity contribution < 1.29 is 4.79 Å². The van der Waals surface area contributed by atoms with Crippen LogP contribution in [-0.4, -0.2) is 21.9 Å². The van der Waals surface area contributed by atoms with Crippen molar-refractivity contribution in [2.24, 2.45) is 0 Å². The van der Waals surface area contributed by atoms with Gasteiger partial charge >= 0.3 is 0 Å². The quantitative estimate of drug-likeness (QED) is 0.788. The number of carbonyl (C=O) groups excluding carboxylic acids is 1. The number of amides is 1. The van der Waals surface area contributed by atoms with Gasteiger partial charge < -0.3 is 9.47 Å². The molecule has 1 aliphatic heterocycles. The van der Waals surface area contributed by atoms with E-state index in [-0.39, 0.29) is 11.9 Å². The first kappa shape index (κ1) is 13.7. The van der Waals surface area contributed by atoms with Crippen LogP contribution in [0.25, 0.3) is 0 Å². The van der Waals surface area contributed by atoms with Crippen LogP contribution < -0.4 is 0 Å². The molecule has 3 heteroatoms. The van der Waals surface area contributed by atoms with Gasteiger partial charge in [0.15, 0.2) is 0 Å². The Balaban J connectivity index is 1.96. The molecule has 108 valence electrons. The van der Waals surface area contributed by atoms with E-state index in [9.17, 15) is 4.79 Å². The molecule has 2 aromatic rings. The number of rotatable bonds is 4. The molecule has 1 aromatic carbocycles. The van der Waals surface area contributed by atoms with Crippen molar-refractivity contribution in [3.05, 3.63) is 72.6 Å². The van der Waals surface area contributed by atoms with E-state index in [1.165, 1.54) is 11.3 Å². The highest BCUT2D eigenvalue weighted by Crippen LogP contribution is 2.32. The number of carbonyl (C=O) groups is 1. The maximum absolute atomic E-state index is 12.5. The standard InChI is InChI=1S/C18H20N2O/c1-2-3-11-17(21)20-14-13-19-12-7-10-16(19)18(20)15-8-5-4-6-9-15/h2,4-10,12,18H,1,3,11,13-14H2/t18-/m1/s1. The first-order valence-electron chi connectivity index (χ1n) is 7.41. The maximum Gasteiger partial charge on any atom is 0.223 e. The summed E-state index contributed by atoms with van der Waals surface area (Å²) < 4.78 is 2.24. The Bertz CT molecular complexity index is 630. The number of hydrogen-bond acceptors (Lipinski definition) is 1. The minimum atomic E-state index is 0.0206. The summed E-state index contributed by atoms with van der Waals surface area (Å²) in [6, 6.07) is 14.5. The normalized spacial score (nSPS) is 17.3. The molecule has 3 rings (SSSR count). The lowest BCUT2D eigenvalue weighted by atomic mass is 9.99. The highest BCUT2D eigenvalue weighted by molar-refractivity contribution is 5.77. The minimum Gasteiger partial charge on any atom is -0.348 e. The van der Waals surface area contributed by atoms with Gasteiger partial charge in [0.05, 0.1) is 6.04 Å². The molecule has 0 saturated heterocycles. The van der Waals surface area contributed by atoms with Gasteiger partial charge in [0, 0.05) is 31.4 Å². The maximum atomic E-state index is 12.5. The lowest BCUT2D eigenvalue weighted by Crippen LogP contribution is -2.42. The molecular formula is C18H20N2O. The summed E-state index contributed by atoms with van der Waals surface area (Å²) in [4.78, 5) is 14.5. The molecule has 0 N–H and O–H groups in total. The van der Waals surface area contributed by atoms with Crippen LogP contribution in [0, 0.1) is 0 Å². The molecule has 0 radical (unpaired) electrons. The monoisotopic (exact) mass is 280 g/mol. The second-order valence-electron chi connectivity index (χ2n) is 5.35. The predicted octanol–water partition coefficient (Wildman–Crippen LogP) is 3.39. The summed E-state index contributed by atoms with van der Waals surface area (Å²) in [5.74, 6) is 0.205. The van der Waals surface area contributed by atoms with Crippen LogP contribution in [0.5, 0.6) is 0 Å². The SMILES string of the molecule is C=CCCC(=O)N1CCn2cccc2[C@H]1c1ccccc1. The Labute approximate surface area is 125 Å². The molecule has 0 fully saturated rings. The van der Waals surface area contributed by atoms with Crippen molar-refractivity contribution in [1.82, 2.24) is 9.47 Å². The molecule has 3 nitrogen and oxygen atoms in total. The summed E-state index contributed by atoms with van der Waals surface area (Å²) in [7, 11) is 0. The Morgan fingerprint density at radius 3 is 2.76 bits per heavy atom. The summed E-state index contributed by atoms with van der Waals surface area (Å²) in [6.45, 7) is 5.34. The smallest absolute Gasteiger partial charge is 0.223 e. The van der Waals surface area contributed by atoms with Crippen molar-refractivity contribution in [1.29, 1.82) is 0 Å². The second kappa shape index (κ2) is 6.00. The van der Waals surface area contributed by atoms with E-state index in [4.69, 9.17) is 0 Å². The number of benzene rings is 1. The van der Waals surface area contributed by atoms with E-state index in [1.807, 2.05) is 29.2 Å². The number of hydrogen-bond donors (Lipinski definition) is 0. The molecule has 21 heavy (non-hydrogen) atoms. The Hall–Kier alpha value is -2.29. The van der Waals surface area contributed by atoms with Gasteiger partial charge in [-0.3, -0.25) is 4.79 Å². The van der Waals surface area contributed by atoms with Crippen LogP contribution >= 0.6 is 0 Å². The molecule has 2 heterocycles. The fourth-order valence-corrected chi connectivity index (χ4v) is 3.01. The van der Waals surface area contributed by atoms with Gasteiger partial charge in [0.25, 0.3) is 0 Å². The molecule has 1 amide bonds. The average molecular weight is 280 g/mol. The molecule has 1 aromatic heterocycles. The van der Waals surface area contributed by atoms with Gasteiger partial charge in [-0.05, 0) is 24.1 Å². The van der Waals surface area contributed by atoms with Gasteiger partial charge in [-0.2, -0.15) is 0 Å². The summed E-state index contributed by atoms with van der Waals surface area (Å²) in [5, 5.41) is 0. The van der Waals surface area contributed by atoms with Gasteiger partial charge in [-0.25, -0.2) is 0 Å². The molecule has 0 aliphatic carbocycles. The summed E-state index contributed by atoms with van der Waals surface area (Å²) in [5.41, 5.74) is 2.36. The topological polar surface area (TPSA) is 25.2 Å². The molecule has 0 saturated carbocycles. The fourth-order valence-electron chi connectivity index (χ4n) is 3.01. The number of aromatic nitrogens is 1. The minimum absolute atomic E-state index is 0.0206. The molecule has 1 atom stereocenters. The van der Waals surface area contributed by atoms with Gasteiger partial charge in [-0.15, -0.1) is 6.58 Å². The molecule has 0 spiro atoms. The first-order valence-corrected chi connectivity index (χ1v) is 7.41. The van der Waals surface area contributed by atoms with E-state index in [1.54, 1.807) is 0 Å². The van der Waals surface area contributed by atoms with Crippen molar-refractivity contribution in [3.8, 4) is 0 Å². The third-order valence-corrected chi connectivity index (χ3v) is 4.04. The van der Waals surface area contributed by atoms with Crippen LogP contribution in [0.3, 0.4) is 0 Å². The Kier molecular flexibility index (Phi) is 3.91. The highest BCUT2D eigenvalue weighted by Gasteiger charge is 2.31. The molecule has 0 unspecified atom stereocenters. The van der Waals surface area contributed by atoms with Crippen molar-refractivity contribution in [2.45, 2.75) is 25.4 Å². The number of nitrogens with zero attached hydrogens (tertiary/aromatic N) is 2. The van der Waals surface area contributed by atoms with Crippen LogP contribution in [0.4, 0.5) is 0 Å². The number of allylic oxidation sites excluding steroid dienone is 1. The van der Waals surface area contributed by atoms with E-state index in [0.29, 0.717) is 6.42 Å². The lowest BCUT2D eigenvalue weighted by molar-refractivity contribution is -0.133. The van der Waals surface area contributed by atoms with E-state index in [2.05, 4.69) is 41.6 Å². The zero-order valence-corrected chi connectivity index (χ0v) is 12.1. The largest absolute Gasteiger partial charge is 0.348 e. The van der Waals surface area contributed by atoms with Crippen LogP contribution in [0.1, 0.15) is 30.1 Å². The fraction of sp³-hybridized carbons (Fsp3) is 0.278. The van der Waals surface area contributed by atoms with Crippen molar-refractivity contribution >= 4 is 5.91 Å². The van der Waals surface area contributed by atoms with Crippen molar-refractivity contribution in [3.63, 3.8) is 0 Å². The van der Waals surface area contributed by atoms with Gasteiger partial charge in [0.2, 0.25) is 5.91 Å². The molecular weight excluding hydrogens is 260 g/mol. The van der Waals surface area contributed by atoms with Gasteiger partial charge in [0.1, 0.15) is 0 Å². The zero-order valence-electron chi connectivity index (χ0n) is 12.1. The summed E-state index contributed by atoms with van der Waals surface area (Å²) >= 11 is 0. The van der Waals surface area contributed by atoms with Crippen LogP contribution in [-0.2, 0) is 11.3 Å². The van der Waals surface area contributed by atoms with Gasteiger partial charge in [-0.1, -0.05) is 36.4 Å². The Morgan fingerprint density at radius 1 is 1.19 bits per heavy atom. The zero-order chi connectivity index (χ0) is 14.7. The van der Waals surface area contributed by atoms with Crippen LogP contribution in [0.15, 0.2) is 61.3 Å². The Morgan fingerprint density at radius 2 is 2.00 bits per heavy atom. The van der Waals surface area contributed by atoms with Crippen molar-refractivity contribution in [2.75, 3.05) is 6.54 Å². The highest BCUT2D eigenvalue weighted by atomic mass is 16.2. The van der Waals surface area contributed by atoms with E-state index < -0.39 is 0 Å². The molecule has 0 bridgehead atoms. The van der Waals surface area contributed by atoms with E-state index >= 15 is 0 Å². The third kappa shape index (κ3) is 2.64. The molecule has 1 aliphatic rings. The lowest BCUT2D eigenvalue weighted by Gasteiger charge is -2.37. The third-order valence-electron chi connectivity index (χ3n) is 4.04. The number of fused-ring (bicyclic) bond motifs is 1.